The highest BCUT2D eigenvalue weighted by molar-refractivity contribution is 9.10. The summed E-state index contributed by atoms with van der Waals surface area (Å²) in [5.74, 6) is -1.37. The van der Waals surface area contributed by atoms with Crippen LogP contribution in [0, 0.1) is 6.92 Å². The van der Waals surface area contributed by atoms with Gasteiger partial charge < -0.3 is 10.1 Å². The van der Waals surface area contributed by atoms with Crippen molar-refractivity contribution < 1.29 is 14.3 Å². The van der Waals surface area contributed by atoms with Crippen LogP contribution in [0.1, 0.15) is 33.3 Å². The second-order valence-corrected chi connectivity index (χ2v) is 7.61. The molecule has 1 heterocycles. The Kier molecular flexibility index (Phi) is 6.69. The quantitative estimate of drug-likeness (QED) is 0.536. The van der Waals surface area contributed by atoms with Gasteiger partial charge in [0.05, 0.1) is 28.6 Å². The monoisotopic (exact) mass is 489 g/mol. The van der Waals surface area contributed by atoms with E-state index < -0.39 is 17.4 Å². The third kappa shape index (κ3) is 4.77. The molecular weight excluding hydrogens is 474 g/mol. The lowest BCUT2D eigenvalue weighted by molar-refractivity contribution is 0.0518. The smallest absolute Gasteiger partial charge is 0.360 e. The highest BCUT2D eigenvalue weighted by atomic mass is 79.9. The molecule has 0 aliphatic rings. The minimum Gasteiger partial charge on any atom is -0.461 e. The molecule has 0 radical (unpaired) electrons. The van der Waals surface area contributed by atoms with Crippen LogP contribution >= 0.6 is 27.5 Å². The molecular formula is C21H17BrClN3O4. The number of halogens is 2. The highest BCUT2D eigenvalue weighted by Crippen LogP contribution is 2.23. The summed E-state index contributed by atoms with van der Waals surface area (Å²) in [6.07, 6.45) is 0. The van der Waals surface area contributed by atoms with E-state index in [9.17, 15) is 14.4 Å². The van der Waals surface area contributed by atoms with E-state index in [-0.39, 0.29) is 28.6 Å². The molecule has 7 nitrogen and oxygen atoms in total. The Balaban J connectivity index is 2.07. The number of anilines is 1. The predicted molar refractivity (Wildman–Crippen MR) is 118 cm³/mol. The number of hydrogen-bond acceptors (Lipinski definition) is 5. The lowest BCUT2D eigenvalue weighted by atomic mass is 10.2. The lowest BCUT2D eigenvalue weighted by Crippen LogP contribution is -2.27. The molecule has 0 fully saturated rings. The summed E-state index contributed by atoms with van der Waals surface area (Å²) >= 11 is 9.39. The van der Waals surface area contributed by atoms with Gasteiger partial charge in [-0.1, -0.05) is 45.2 Å². The average Bonchev–Trinajstić information content (AvgIpc) is 2.71. The lowest BCUT2D eigenvalue weighted by Gasteiger charge is -2.13. The Morgan fingerprint density at radius 3 is 2.53 bits per heavy atom. The van der Waals surface area contributed by atoms with Gasteiger partial charge in [0.25, 0.3) is 11.5 Å². The van der Waals surface area contributed by atoms with Gasteiger partial charge >= 0.3 is 5.97 Å². The second kappa shape index (κ2) is 9.23. The first kappa shape index (κ1) is 21.7. The number of amides is 1. The number of carbonyl (C=O) groups excluding carboxylic acids is 2. The number of nitrogens with zero attached hydrogens (tertiary/aromatic N) is 2. The number of rotatable bonds is 5. The number of benzene rings is 2. The molecule has 0 aliphatic heterocycles. The van der Waals surface area contributed by atoms with E-state index in [4.69, 9.17) is 16.3 Å². The van der Waals surface area contributed by atoms with Gasteiger partial charge in [-0.3, -0.25) is 9.59 Å². The number of aromatic nitrogens is 2. The van der Waals surface area contributed by atoms with Crippen molar-refractivity contribution in [1.29, 1.82) is 0 Å². The summed E-state index contributed by atoms with van der Waals surface area (Å²) in [5.41, 5.74) is 0.863. The van der Waals surface area contributed by atoms with Gasteiger partial charge in [-0.05, 0) is 44.2 Å². The molecule has 154 valence electrons. The van der Waals surface area contributed by atoms with Crippen LogP contribution in [0.5, 0.6) is 0 Å². The third-order valence-corrected chi connectivity index (χ3v) is 4.92. The first-order chi connectivity index (χ1) is 14.3. The SMILES string of the molecule is CCOC(=O)c1nn(-c2ccc(C)cc2)c(=O)cc1NC(=O)c1cc(Br)ccc1Cl. The summed E-state index contributed by atoms with van der Waals surface area (Å²) < 4.78 is 6.77. The molecule has 9 heteroatoms. The van der Waals surface area contributed by atoms with E-state index in [0.717, 1.165) is 16.3 Å². The molecule has 3 aromatic rings. The number of nitrogens with one attached hydrogen (secondary N) is 1. The third-order valence-electron chi connectivity index (χ3n) is 4.10. The zero-order valence-corrected chi connectivity index (χ0v) is 18.5. The highest BCUT2D eigenvalue weighted by Gasteiger charge is 2.21. The molecule has 0 unspecified atom stereocenters. The molecule has 3 rings (SSSR count). The largest absolute Gasteiger partial charge is 0.461 e. The minimum absolute atomic E-state index is 0.0668. The van der Waals surface area contributed by atoms with Crippen molar-refractivity contribution in [3.8, 4) is 5.69 Å². The molecule has 0 saturated carbocycles. The summed E-state index contributed by atoms with van der Waals surface area (Å²) in [4.78, 5) is 37.8. The van der Waals surface area contributed by atoms with Crippen LogP contribution in [0.4, 0.5) is 5.69 Å². The van der Waals surface area contributed by atoms with E-state index in [0.29, 0.717) is 10.2 Å². The van der Waals surface area contributed by atoms with Gasteiger partial charge in [0.1, 0.15) is 0 Å². The molecule has 0 aliphatic carbocycles. The molecule has 30 heavy (non-hydrogen) atoms. The van der Waals surface area contributed by atoms with Crippen LogP contribution in [0.25, 0.3) is 5.69 Å². The van der Waals surface area contributed by atoms with Crippen LogP contribution in [0.2, 0.25) is 5.02 Å². The van der Waals surface area contributed by atoms with Crippen molar-refractivity contribution in [2.75, 3.05) is 11.9 Å². The van der Waals surface area contributed by atoms with E-state index >= 15 is 0 Å². The summed E-state index contributed by atoms with van der Waals surface area (Å²) in [5, 5.41) is 6.91. The van der Waals surface area contributed by atoms with Crippen LogP contribution in [-0.4, -0.2) is 28.3 Å². The molecule has 1 N–H and O–H groups in total. The standard InChI is InChI=1S/C21H17BrClN3O4/c1-3-30-21(29)19-17(24-20(28)15-10-13(22)6-9-16(15)23)11-18(27)26(25-19)14-7-4-12(2)5-8-14/h4-11H,3H2,1-2H3,(H,24,28). The van der Waals surface area contributed by atoms with Crippen LogP contribution in [-0.2, 0) is 4.74 Å². The molecule has 0 spiro atoms. The zero-order valence-electron chi connectivity index (χ0n) is 16.1. The van der Waals surface area contributed by atoms with E-state index in [1.807, 2.05) is 19.1 Å². The Labute approximate surface area is 185 Å². The Morgan fingerprint density at radius 2 is 1.87 bits per heavy atom. The van der Waals surface area contributed by atoms with E-state index in [1.54, 1.807) is 31.2 Å². The van der Waals surface area contributed by atoms with Gasteiger partial charge in [0.15, 0.2) is 5.69 Å². The zero-order chi connectivity index (χ0) is 21.8. The normalized spacial score (nSPS) is 10.5. The van der Waals surface area contributed by atoms with Gasteiger partial charge in [0, 0.05) is 10.5 Å². The van der Waals surface area contributed by atoms with Crippen LogP contribution < -0.4 is 10.9 Å². The van der Waals surface area contributed by atoms with Crippen molar-refractivity contribution in [3.05, 3.63) is 85.2 Å². The fourth-order valence-electron chi connectivity index (χ4n) is 2.63. The second-order valence-electron chi connectivity index (χ2n) is 6.29. The van der Waals surface area contributed by atoms with Crippen molar-refractivity contribution in [2.45, 2.75) is 13.8 Å². The molecule has 2 aromatic carbocycles. The van der Waals surface area contributed by atoms with E-state index in [1.165, 1.54) is 6.07 Å². The summed E-state index contributed by atoms with van der Waals surface area (Å²) in [7, 11) is 0. The number of ether oxygens (including phenoxy) is 1. The van der Waals surface area contributed by atoms with Gasteiger partial charge in [-0.25, -0.2) is 4.79 Å². The Morgan fingerprint density at radius 1 is 1.17 bits per heavy atom. The van der Waals surface area contributed by atoms with E-state index in [2.05, 4.69) is 26.3 Å². The van der Waals surface area contributed by atoms with Gasteiger partial charge in [-0.2, -0.15) is 9.78 Å². The maximum atomic E-state index is 12.7. The molecule has 0 bridgehead atoms. The topological polar surface area (TPSA) is 90.3 Å². The number of aryl methyl sites for hydroxylation is 1. The fourth-order valence-corrected chi connectivity index (χ4v) is 3.20. The number of carbonyl (C=O) groups is 2. The summed E-state index contributed by atoms with van der Waals surface area (Å²) in [6, 6.07) is 13.0. The van der Waals surface area contributed by atoms with Crippen LogP contribution in [0.15, 0.2) is 57.8 Å². The van der Waals surface area contributed by atoms with Crippen molar-refractivity contribution >= 4 is 45.1 Å². The van der Waals surface area contributed by atoms with Gasteiger partial charge in [0.2, 0.25) is 0 Å². The van der Waals surface area contributed by atoms with Crippen molar-refractivity contribution in [2.24, 2.45) is 0 Å². The average molecular weight is 491 g/mol. The fraction of sp³-hybridized carbons (Fsp3) is 0.143. The van der Waals surface area contributed by atoms with Crippen molar-refractivity contribution in [3.63, 3.8) is 0 Å². The molecule has 1 amide bonds. The van der Waals surface area contributed by atoms with Crippen molar-refractivity contribution in [1.82, 2.24) is 9.78 Å². The molecule has 0 saturated heterocycles. The first-order valence-electron chi connectivity index (χ1n) is 8.95. The number of esters is 1. The minimum atomic E-state index is -0.769. The maximum Gasteiger partial charge on any atom is 0.360 e. The molecule has 1 aromatic heterocycles. The Bertz CT molecular complexity index is 1180. The maximum absolute atomic E-state index is 12.7. The number of hydrogen-bond donors (Lipinski definition) is 1. The Hall–Kier alpha value is -2.97. The first-order valence-corrected chi connectivity index (χ1v) is 10.1. The van der Waals surface area contributed by atoms with Gasteiger partial charge in [-0.15, -0.1) is 0 Å². The summed E-state index contributed by atoms with van der Waals surface area (Å²) in [6.45, 7) is 3.66. The predicted octanol–water partition coefficient (Wildman–Crippen LogP) is 4.39. The molecule has 0 atom stereocenters. The van der Waals surface area contributed by atoms with Crippen LogP contribution in [0.3, 0.4) is 0 Å².